The van der Waals surface area contributed by atoms with Gasteiger partial charge in [0.15, 0.2) is 0 Å². The van der Waals surface area contributed by atoms with Crippen LogP contribution in [0.5, 0.6) is 0 Å². The van der Waals surface area contributed by atoms with E-state index in [9.17, 15) is 4.79 Å². The smallest absolute Gasteiger partial charge is 0.332 e. The van der Waals surface area contributed by atoms with Crippen LogP contribution in [0.1, 0.15) is 23.7 Å². The van der Waals surface area contributed by atoms with Crippen molar-refractivity contribution in [1.82, 2.24) is 10.3 Å². The van der Waals surface area contributed by atoms with Crippen molar-refractivity contribution >= 4 is 17.3 Å². The molecule has 1 aromatic rings. The summed E-state index contributed by atoms with van der Waals surface area (Å²) in [5.74, 6) is -0.968. The van der Waals surface area contributed by atoms with Crippen LogP contribution in [0.3, 0.4) is 0 Å². The summed E-state index contributed by atoms with van der Waals surface area (Å²) in [6.07, 6.45) is 0. The van der Waals surface area contributed by atoms with E-state index in [4.69, 9.17) is 5.11 Å². The Bertz CT molecular complexity index is 373. The quantitative estimate of drug-likeness (QED) is 0.751. The molecule has 0 aliphatic rings. The minimum Gasteiger partial charge on any atom is -0.478 e. The number of hydrogen-bond donors (Lipinski definition) is 2. The molecule has 5 heteroatoms. The van der Waals surface area contributed by atoms with Crippen LogP contribution in [0.15, 0.2) is 17.5 Å². The molecule has 0 bridgehead atoms. The van der Waals surface area contributed by atoms with Crippen molar-refractivity contribution in [3.8, 4) is 0 Å². The third-order valence-corrected chi connectivity index (χ3v) is 3.08. The second-order valence-corrected chi connectivity index (χ2v) is 4.23. The van der Waals surface area contributed by atoms with Gasteiger partial charge in [0, 0.05) is 23.2 Å². The van der Waals surface area contributed by atoms with E-state index in [1.54, 1.807) is 11.3 Å². The number of aryl methyl sites for hydroxylation is 1. The molecule has 0 spiro atoms. The first-order valence-electron chi connectivity index (χ1n) is 4.57. The van der Waals surface area contributed by atoms with Crippen molar-refractivity contribution in [1.29, 1.82) is 0 Å². The molecule has 15 heavy (non-hydrogen) atoms. The zero-order valence-corrected chi connectivity index (χ0v) is 9.60. The minimum atomic E-state index is -0.968. The third-order valence-electron chi connectivity index (χ3n) is 1.93. The van der Waals surface area contributed by atoms with Crippen LogP contribution < -0.4 is 5.32 Å². The predicted octanol–water partition coefficient (Wildman–Crippen LogP) is 1.74. The lowest BCUT2D eigenvalue weighted by molar-refractivity contribution is -0.132. The number of rotatable bonds is 5. The van der Waals surface area contributed by atoms with Crippen LogP contribution in [0.25, 0.3) is 0 Å². The van der Waals surface area contributed by atoms with Crippen molar-refractivity contribution in [2.24, 2.45) is 0 Å². The summed E-state index contributed by atoms with van der Waals surface area (Å²) in [4.78, 5) is 14.8. The van der Waals surface area contributed by atoms with Crippen LogP contribution in [0, 0.1) is 6.92 Å². The van der Waals surface area contributed by atoms with Crippen molar-refractivity contribution in [3.05, 3.63) is 28.2 Å². The zero-order valence-electron chi connectivity index (χ0n) is 8.78. The van der Waals surface area contributed by atoms with Gasteiger partial charge < -0.3 is 10.4 Å². The fraction of sp³-hybridized carbons (Fsp3) is 0.400. The van der Waals surface area contributed by atoms with E-state index >= 15 is 0 Å². The van der Waals surface area contributed by atoms with Gasteiger partial charge in [-0.1, -0.05) is 6.58 Å². The molecule has 0 aliphatic heterocycles. The predicted molar refractivity (Wildman–Crippen MR) is 60.0 cm³/mol. The highest BCUT2D eigenvalue weighted by molar-refractivity contribution is 7.09. The summed E-state index contributed by atoms with van der Waals surface area (Å²) in [5, 5.41) is 14.6. The summed E-state index contributed by atoms with van der Waals surface area (Å²) >= 11 is 1.57. The summed E-state index contributed by atoms with van der Waals surface area (Å²) in [5.41, 5.74) is 1.15. The first-order valence-corrected chi connectivity index (χ1v) is 5.45. The lowest BCUT2D eigenvalue weighted by Gasteiger charge is -2.10. The first kappa shape index (κ1) is 11.9. The monoisotopic (exact) mass is 226 g/mol. The number of nitrogens with one attached hydrogen (secondary N) is 1. The largest absolute Gasteiger partial charge is 0.478 e. The summed E-state index contributed by atoms with van der Waals surface area (Å²) < 4.78 is 0. The first-order chi connectivity index (χ1) is 7.00. The fourth-order valence-electron chi connectivity index (χ4n) is 1.01. The molecule has 82 valence electrons. The second-order valence-electron chi connectivity index (χ2n) is 3.34. The van der Waals surface area contributed by atoms with E-state index in [1.807, 2.05) is 19.2 Å². The topological polar surface area (TPSA) is 62.2 Å². The molecular formula is C10H14N2O2S. The van der Waals surface area contributed by atoms with Gasteiger partial charge in [-0.15, -0.1) is 11.3 Å². The summed E-state index contributed by atoms with van der Waals surface area (Å²) in [6.45, 7) is 7.60. The Labute approximate surface area is 92.7 Å². The van der Waals surface area contributed by atoms with Crippen LogP contribution in [0.4, 0.5) is 0 Å². The van der Waals surface area contributed by atoms with Crippen LogP contribution in [0.2, 0.25) is 0 Å². The highest BCUT2D eigenvalue weighted by Crippen LogP contribution is 2.17. The molecule has 1 heterocycles. The van der Waals surface area contributed by atoms with Gasteiger partial charge in [-0.2, -0.15) is 0 Å². The molecule has 0 fully saturated rings. The van der Waals surface area contributed by atoms with E-state index < -0.39 is 5.97 Å². The average Bonchev–Trinajstić information content (AvgIpc) is 2.60. The second kappa shape index (κ2) is 5.04. The van der Waals surface area contributed by atoms with Gasteiger partial charge in [0.2, 0.25) is 0 Å². The third kappa shape index (κ3) is 3.45. The van der Waals surface area contributed by atoms with Gasteiger partial charge >= 0.3 is 5.97 Å². The molecule has 0 radical (unpaired) electrons. The molecule has 0 aromatic carbocycles. The lowest BCUT2D eigenvalue weighted by Crippen LogP contribution is -2.23. The Morgan fingerprint density at radius 2 is 2.47 bits per heavy atom. The molecule has 1 rings (SSSR count). The van der Waals surface area contributed by atoms with Gasteiger partial charge in [-0.05, 0) is 13.8 Å². The lowest BCUT2D eigenvalue weighted by atomic mass is 10.2. The van der Waals surface area contributed by atoms with Gasteiger partial charge in [0.05, 0.1) is 6.04 Å². The molecule has 1 atom stereocenters. The maximum Gasteiger partial charge on any atom is 0.332 e. The molecule has 0 aliphatic carbocycles. The average molecular weight is 226 g/mol. The highest BCUT2D eigenvalue weighted by Gasteiger charge is 2.10. The number of thiazole rings is 1. The number of carboxylic acid groups (broad SMARTS) is 1. The molecule has 1 aromatic heterocycles. The number of hydrogen-bond acceptors (Lipinski definition) is 4. The Kier molecular flexibility index (Phi) is 3.99. The van der Waals surface area contributed by atoms with E-state index in [-0.39, 0.29) is 18.2 Å². The Balaban J connectivity index is 2.46. The van der Waals surface area contributed by atoms with Crippen LogP contribution >= 0.6 is 11.3 Å². The minimum absolute atomic E-state index is 0.0554. The van der Waals surface area contributed by atoms with E-state index in [2.05, 4.69) is 16.9 Å². The van der Waals surface area contributed by atoms with Crippen molar-refractivity contribution < 1.29 is 9.90 Å². The number of carboxylic acids is 1. The molecule has 0 saturated carbocycles. The Hall–Kier alpha value is -1.20. The highest BCUT2D eigenvalue weighted by atomic mass is 32.1. The maximum atomic E-state index is 10.5. The van der Waals surface area contributed by atoms with Gasteiger partial charge in [-0.25, -0.2) is 9.78 Å². The molecule has 0 amide bonds. The van der Waals surface area contributed by atoms with Crippen molar-refractivity contribution in [2.75, 3.05) is 6.54 Å². The van der Waals surface area contributed by atoms with E-state index in [1.165, 1.54) is 0 Å². The summed E-state index contributed by atoms with van der Waals surface area (Å²) in [7, 11) is 0. The molecule has 2 N–H and O–H groups in total. The summed E-state index contributed by atoms with van der Waals surface area (Å²) in [6, 6.07) is 0.0554. The normalized spacial score (nSPS) is 12.4. The van der Waals surface area contributed by atoms with E-state index in [0.717, 1.165) is 10.7 Å². The number of aliphatic carboxylic acids is 1. The SMILES string of the molecule is C=C(CNC(C)c1nc(C)cs1)C(=O)O. The number of carbonyl (C=O) groups is 1. The van der Waals surface area contributed by atoms with Gasteiger partial charge in [0.1, 0.15) is 5.01 Å². The standard InChI is InChI=1S/C10H14N2O2S/c1-6(10(13)14)4-11-8(3)9-12-7(2)5-15-9/h5,8,11H,1,4H2,2-3H3,(H,13,14). The molecule has 1 unspecified atom stereocenters. The van der Waals surface area contributed by atoms with Crippen molar-refractivity contribution in [2.45, 2.75) is 19.9 Å². The van der Waals surface area contributed by atoms with Crippen LogP contribution in [-0.2, 0) is 4.79 Å². The van der Waals surface area contributed by atoms with Crippen molar-refractivity contribution in [3.63, 3.8) is 0 Å². The number of aromatic nitrogens is 1. The number of nitrogens with zero attached hydrogens (tertiary/aromatic N) is 1. The Morgan fingerprint density at radius 1 is 1.80 bits per heavy atom. The molecular weight excluding hydrogens is 212 g/mol. The van der Waals surface area contributed by atoms with Gasteiger partial charge in [0.25, 0.3) is 0 Å². The van der Waals surface area contributed by atoms with E-state index in [0.29, 0.717) is 0 Å². The van der Waals surface area contributed by atoms with Gasteiger partial charge in [-0.3, -0.25) is 0 Å². The maximum absolute atomic E-state index is 10.5. The zero-order chi connectivity index (χ0) is 11.4. The fourth-order valence-corrected chi connectivity index (χ4v) is 1.84. The Morgan fingerprint density at radius 3 is 2.93 bits per heavy atom. The van der Waals surface area contributed by atoms with Crippen LogP contribution in [-0.4, -0.2) is 22.6 Å². The molecule has 4 nitrogen and oxygen atoms in total. The molecule has 0 saturated heterocycles.